The first-order chi connectivity index (χ1) is 8.17. The number of terminal acetylenes is 1. The molecule has 1 aromatic carbocycles. The van der Waals surface area contributed by atoms with Crippen LogP contribution in [0.3, 0.4) is 0 Å². The number of nitrogens with one attached hydrogen (secondary N) is 1. The Kier molecular flexibility index (Phi) is 5.75. The van der Waals surface area contributed by atoms with E-state index < -0.39 is 0 Å². The highest BCUT2D eigenvalue weighted by molar-refractivity contribution is 7.97. The van der Waals surface area contributed by atoms with Crippen LogP contribution in [-0.4, -0.2) is 16.3 Å². The van der Waals surface area contributed by atoms with Gasteiger partial charge < -0.3 is 10.2 Å². The second-order valence-electron chi connectivity index (χ2n) is 3.72. The highest BCUT2D eigenvalue weighted by atomic mass is 32.2. The summed E-state index contributed by atoms with van der Waals surface area (Å²) in [4.78, 5) is 0.861. The third kappa shape index (κ3) is 4.59. The molecule has 0 saturated carbocycles. The van der Waals surface area contributed by atoms with Crippen molar-refractivity contribution in [3.8, 4) is 23.8 Å². The Morgan fingerprint density at radius 1 is 1.41 bits per heavy atom. The van der Waals surface area contributed by atoms with E-state index in [1.165, 1.54) is 24.1 Å². The van der Waals surface area contributed by atoms with Gasteiger partial charge >= 0.3 is 0 Å². The Bertz CT molecular complexity index is 401. The molecule has 3 nitrogen and oxygen atoms in total. The Morgan fingerprint density at radius 2 is 2.18 bits per heavy atom. The van der Waals surface area contributed by atoms with Gasteiger partial charge in [0.25, 0.3) is 0 Å². The molecule has 0 aliphatic rings. The van der Waals surface area contributed by atoms with Crippen molar-refractivity contribution in [1.82, 2.24) is 4.72 Å². The second-order valence-corrected chi connectivity index (χ2v) is 4.63. The van der Waals surface area contributed by atoms with Crippen molar-refractivity contribution in [2.24, 2.45) is 0 Å². The van der Waals surface area contributed by atoms with Crippen LogP contribution in [0.5, 0.6) is 11.5 Å². The zero-order valence-electron chi connectivity index (χ0n) is 9.81. The van der Waals surface area contributed by atoms with Crippen LogP contribution in [0.15, 0.2) is 23.1 Å². The molecule has 0 bridgehead atoms. The minimum Gasteiger partial charge on any atom is -0.504 e. The van der Waals surface area contributed by atoms with E-state index in [1.807, 2.05) is 0 Å². The zero-order chi connectivity index (χ0) is 12.7. The largest absolute Gasteiger partial charge is 0.504 e. The normalized spacial score (nSPS) is 12.0. The average molecular weight is 251 g/mol. The molecule has 17 heavy (non-hydrogen) atoms. The second kappa shape index (κ2) is 7.10. The van der Waals surface area contributed by atoms with Gasteiger partial charge in [-0.2, -0.15) is 0 Å². The van der Waals surface area contributed by atoms with Gasteiger partial charge in [0.1, 0.15) is 0 Å². The molecule has 1 rings (SSSR count). The lowest BCUT2D eigenvalue weighted by Crippen LogP contribution is -2.21. The van der Waals surface area contributed by atoms with Crippen molar-refractivity contribution < 1.29 is 10.2 Å². The van der Waals surface area contributed by atoms with E-state index in [9.17, 15) is 10.2 Å². The molecular formula is C13H17NO2S. The van der Waals surface area contributed by atoms with Gasteiger partial charge in [0.15, 0.2) is 11.5 Å². The molecule has 0 aliphatic heterocycles. The van der Waals surface area contributed by atoms with Crippen LogP contribution < -0.4 is 4.72 Å². The van der Waals surface area contributed by atoms with Crippen LogP contribution in [0.4, 0.5) is 0 Å². The number of phenolic OH excluding ortho intramolecular Hbond substituents is 2. The number of aromatic hydroxyl groups is 2. The quantitative estimate of drug-likeness (QED) is 0.413. The Morgan fingerprint density at radius 3 is 2.76 bits per heavy atom. The summed E-state index contributed by atoms with van der Waals surface area (Å²) < 4.78 is 3.30. The number of benzene rings is 1. The molecule has 0 radical (unpaired) electrons. The van der Waals surface area contributed by atoms with Gasteiger partial charge in [-0.15, -0.1) is 12.3 Å². The van der Waals surface area contributed by atoms with Gasteiger partial charge in [0.2, 0.25) is 0 Å². The monoisotopic (exact) mass is 251 g/mol. The van der Waals surface area contributed by atoms with Crippen molar-refractivity contribution in [2.75, 3.05) is 0 Å². The SMILES string of the molecule is C#CCCC(CC)NSc1ccc(O)c(O)c1. The number of rotatable bonds is 6. The highest BCUT2D eigenvalue weighted by Gasteiger charge is 2.06. The maximum Gasteiger partial charge on any atom is 0.158 e. The van der Waals surface area contributed by atoms with Crippen LogP contribution >= 0.6 is 11.9 Å². The van der Waals surface area contributed by atoms with Crippen LogP contribution in [0.1, 0.15) is 26.2 Å². The molecule has 1 unspecified atom stereocenters. The fourth-order valence-electron chi connectivity index (χ4n) is 1.32. The van der Waals surface area contributed by atoms with Crippen LogP contribution in [0.2, 0.25) is 0 Å². The van der Waals surface area contributed by atoms with Crippen molar-refractivity contribution >= 4 is 11.9 Å². The van der Waals surface area contributed by atoms with E-state index in [1.54, 1.807) is 6.07 Å². The molecule has 3 N–H and O–H groups in total. The topological polar surface area (TPSA) is 52.5 Å². The Balaban J connectivity index is 2.48. The minimum absolute atomic E-state index is 0.103. The molecule has 0 aliphatic carbocycles. The summed E-state index contributed by atoms with van der Waals surface area (Å²) in [5.74, 6) is 2.42. The summed E-state index contributed by atoms with van der Waals surface area (Å²) in [6.45, 7) is 2.10. The fourth-order valence-corrected chi connectivity index (χ4v) is 2.22. The average Bonchev–Trinajstić information content (AvgIpc) is 2.34. The lowest BCUT2D eigenvalue weighted by molar-refractivity contribution is 0.402. The molecular weight excluding hydrogens is 234 g/mol. The van der Waals surface area contributed by atoms with Gasteiger partial charge in [0, 0.05) is 17.4 Å². The van der Waals surface area contributed by atoms with Crippen LogP contribution in [0.25, 0.3) is 0 Å². The molecule has 1 aromatic rings. The molecule has 0 heterocycles. The summed E-state index contributed by atoms with van der Waals surface area (Å²) >= 11 is 1.44. The molecule has 0 amide bonds. The minimum atomic E-state index is -0.103. The molecule has 0 aromatic heterocycles. The third-order valence-corrected chi connectivity index (χ3v) is 3.36. The summed E-state index contributed by atoms with van der Waals surface area (Å²) in [5, 5.41) is 18.5. The summed E-state index contributed by atoms with van der Waals surface area (Å²) in [5.41, 5.74) is 0. The number of phenols is 2. The lowest BCUT2D eigenvalue weighted by Gasteiger charge is -2.14. The summed E-state index contributed by atoms with van der Waals surface area (Å²) in [7, 11) is 0. The molecule has 0 saturated heterocycles. The van der Waals surface area contributed by atoms with E-state index in [0.717, 1.165) is 24.2 Å². The van der Waals surface area contributed by atoms with E-state index in [2.05, 4.69) is 17.6 Å². The third-order valence-electron chi connectivity index (χ3n) is 2.42. The first-order valence-electron chi connectivity index (χ1n) is 5.55. The first kappa shape index (κ1) is 13.8. The van der Waals surface area contributed by atoms with Gasteiger partial charge in [-0.05, 0) is 43.0 Å². The van der Waals surface area contributed by atoms with Crippen molar-refractivity contribution in [1.29, 1.82) is 0 Å². The highest BCUT2D eigenvalue weighted by Crippen LogP contribution is 2.29. The lowest BCUT2D eigenvalue weighted by atomic mass is 10.1. The standard InChI is InChI=1S/C13H17NO2S/c1-3-5-6-10(4-2)14-17-11-7-8-12(15)13(16)9-11/h1,7-10,14-16H,4-6H2,2H3. The van der Waals surface area contributed by atoms with Crippen LogP contribution in [-0.2, 0) is 0 Å². The molecule has 4 heteroatoms. The molecule has 0 fully saturated rings. The van der Waals surface area contributed by atoms with Crippen molar-refractivity contribution in [3.63, 3.8) is 0 Å². The number of hydrogen-bond acceptors (Lipinski definition) is 4. The van der Waals surface area contributed by atoms with E-state index in [0.29, 0.717) is 6.04 Å². The summed E-state index contributed by atoms with van der Waals surface area (Å²) in [6.07, 6.45) is 7.92. The van der Waals surface area contributed by atoms with E-state index >= 15 is 0 Å². The Labute approximate surface area is 106 Å². The van der Waals surface area contributed by atoms with Gasteiger partial charge in [-0.25, -0.2) is 0 Å². The zero-order valence-corrected chi connectivity index (χ0v) is 10.6. The number of hydrogen-bond donors (Lipinski definition) is 3. The maximum atomic E-state index is 9.35. The predicted molar refractivity (Wildman–Crippen MR) is 70.9 cm³/mol. The van der Waals surface area contributed by atoms with Crippen molar-refractivity contribution in [3.05, 3.63) is 18.2 Å². The first-order valence-corrected chi connectivity index (χ1v) is 6.36. The summed E-state index contributed by atoms with van der Waals surface area (Å²) in [6, 6.07) is 5.11. The van der Waals surface area contributed by atoms with E-state index in [-0.39, 0.29) is 11.5 Å². The molecule has 1 atom stereocenters. The van der Waals surface area contributed by atoms with Gasteiger partial charge in [0.05, 0.1) is 0 Å². The van der Waals surface area contributed by atoms with Crippen LogP contribution in [0, 0.1) is 12.3 Å². The van der Waals surface area contributed by atoms with Crippen molar-refractivity contribution in [2.45, 2.75) is 37.1 Å². The smallest absolute Gasteiger partial charge is 0.158 e. The molecule has 0 spiro atoms. The van der Waals surface area contributed by atoms with E-state index in [4.69, 9.17) is 6.42 Å². The van der Waals surface area contributed by atoms with Gasteiger partial charge in [-0.1, -0.05) is 6.92 Å². The maximum absolute atomic E-state index is 9.35. The Hall–Kier alpha value is -1.31. The fraction of sp³-hybridized carbons (Fsp3) is 0.385. The molecule has 92 valence electrons. The van der Waals surface area contributed by atoms with Gasteiger partial charge in [-0.3, -0.25) is 4.72 Å². The predicted octanol–water partition coefficient (Wildman–Crippen LogP) is 2.89.